The summed E-state index contributed by atoms with van der Waals surface area (Å²) in [6.07, 6.45) is 1.24. The highest BCUT2D eigenvalue weighted by molar-refractivity contribution is 5.49. The maximum absolute atomic E-state index is 12.5. The third-order valence-corrected chi connectivity index (χ3v) is 3.92. The maximum atomic E-state index is 12.5. The molecule has 0 spiro atoms. The number of rotatable bonds is 3. The van der Waals surface area contributed by atoms with Gasteiger partial charge in [0.1, 0.15) is 6.29 Å². The molecular formula is C15H17F3O. The van der Waals surface area contributed by atoms with Gasteiger partial charge in [-0.05, 0) is 48.8 Å². The first-order chi connectivity index (χ1) is 9.00. The number of alkyl halides is 3. The molecule has 104 valence electrons. The van der Waals surface area contributed by atoms with Crippen LogP contribution >= 0.6 is 0 Å². The van der Waals surface area contributed by atoms with Crippen molar-refractivity contribution >= 4 is 6.29 Å². The first-order valence-electron chi connectivity index (χ1n) is 6.61. The molecule has 1 fully saturated rings. The second-order valence-corrected chi connectivity index (χ2v) is 5.25. The summed E-state index contributed by atoms with van der Waals surface area (Å²) in [7, 11) is 0. The van der Waals surface area contributed by atoms with Gasteiger partial charge < -0.3 is 4.79 Å². The lowest BCUT2D eigenvalue weighted by atomic mass is 9.77. The van der Waals surface area contributed by atoms with Gasteiger partial charge in [-0.1, -0.05) is 18.6 Å². The summed E-state index contributed by atoms with van der Waals surface area (Å²) in [6, 6.07) is 5.46. The van der Waals surface area contributed by atoms with Gasteiger partial charge in [0, 0.05) is 6.42 Å². The summed E-state index contributed by atoms with van der Waals surface area (Å²) < 4.78 is 37.5. The van der Waals surface area contributed by atoms with Gasteiger partial charge in [0.05, 0.1) is 5.56 Å². The van der Waals surface area contributed by atoms with Crippen molar-refractivity contribution in [1.29, 1.82) is 0 Å². The van der Waals surface area contributed by atoms with Gasteiger partial charge in [0.15, 0.2) is 0 Å². The van der Waals surface area contributed by atoms with Crippen LogP contribution in [-0.4, -0.2) is 6.29 Å². The van der Waals surface area contributed by atoms with E-state index < -0.39 is 11.7 Å². The average molecular weight is 270 g/mol. The fourth-order valence-electron chi connectivity index (χ4n) is 2.89. The average Bonchev–Trinajstić information content (AvgIpc) is 2.39. The number of benzene rings is 1. The van der Waals surface area contributed by atoms with Gasteiger partial charge in [0.2, 0.25) is 0 Å². The summed E-state index contributed by atoms with van der Waals surface area (Å²) in [5.41, 5.74) is 0.361. The van der Waals surface area contributed by atoms with Crippen LogP contribution in [0.2, 0.25) is 0 Å². The van der Waals surface area contributed by atoms with E-state index in [2.05, 4.69) is 0 Å². The fraction of sp³-hybridized carbons (Fsp3) is 0.533. The van der Waals surface area contributed by atoms with E-state index >= 15 is 0 Å². The van der Waals surface area contributed by atoms with E-state index in [-0.39, 0.29) is 0 Å². The zero-order valence-corrected chi connectivity index (χ0v) is 10.6. The lowest BCUT2D eigenvalue weighted by Crippen LogP contribution is -2.15. The number of carbonyl (C=O) groups is 1. The Bertz CT molecular complexity index is 422. The minimum absolute atomic E-state index is 0.293. The molecule has 1 saturated carbocycles. The topological polar surface area (TPSA) is 17.1 Å². The van der Waals surface area contributed by atoms with Gasteiger partial charge in [-0.2, -0.15) is 13.2 Å². The van der Waals surface area contributed by atoms with Crippen molar-refractivity contribution in [3.63, 3.8) is 0 Å². The third-order valence-electron chi connectivity index (χ3n) is 3.92. The van der Waals surface area contributed by atoms with E-state index in [0.717, 1.165) is 49.7 Å². The lowest BCUT2D eigenvalue weighted by molar-refractivity contribution is -0.137. The van der Waals surface area contributed by atoms with E-state index in [4.69, 9.17) is 0 Å². The minimum Gasteiger partial charge on any atom is -0.303 e. The maximum Gasteiger partial charge on any atom is 0.416 e. The lowest BCUT2D eigenvalue weighted by Gasteiger charge is -2.28. The van der Waals surface area contributed by atoms with Crippen molar-refractivity contribution in [3.05, 3.63) is 35.4 Å². The number of hydrogen-bond donors (Lipinski definition) is 0. The second kappa shape index (κ2) is 5.76. The highest BCUT2D eigenvalue weighted by atomic mass is 19.4. The zero-order chi connectivity index (χ0) is 13.9. The molecular weight excluding hydrogens is 253 g/mol. The van der Waals surface area contributed by atoms with Crippen LogP contribution in [0.3, 0.4) is 0 Å². The van der Waals surface area contributed by atoms with Crippen molar-refractivity contribution in [2.24, 2.45) is 5.92 Å². The van der Waals surface area contributed by atoms with Crippen LogP contribution in [0, 0.1) is 5.92 Å². The summed E-state index contributed by atoms with van der Waals surface area (Å²) in [5.74, 6) is 0.680. The van der Waals surface area contributed by atoms with Crippen LogP contribution in [-0.2, 0) is 11.0 Å². The first-order valence-corrected chi connectivity index (χ1v) is 6.61. The Morgan fingerprint density at radius 3 is 2.42 bits per heavy atom. The molecule has 0 N–H and O–H groups in total. The fourth-order valence-corrected chi connectivity index (χ4v) is 2.89. The molecule has 1 aromatic rings. The molecule has 0 heterocycles. The Morgan fingerprint density at radius 2 is 1.84 bits per heavy atom. The SMILES string of the molecule is O=CCC1CCCC(c2ccc(C(F)(F)F)cc2)C1. The van der Waals surface area contributed by atoms with Gasteiger partial charge in [-0.15, -0.1) is 0 Å². The highest BCUT2D eigenvalue weighted by Gasteiger charge is 2.30. The first kappa shape index (κ1) is 14.1. The largest absolute Gasteiger partial charge is 0.416 e. The molecule has 0 bridgehead atoms. The molecule has 1 aliphatic rings. The molecule has 4 heteroatoms. The third kappa shape index (κ3) is 3.58. The minimum atomic E-state index is -4.27. The summed E-state index contributed by atoms with van der Waals surface area (Å²) in [5, 5.41) is 0. The molecule has 19 heavy (non-hydrogen) atoms. The molecule has 2 rings (SSSR count). The molecule has 2 atom stereocenters. The smallest absolute Gasteiger partial charge is 0.303 e. The van der Waals surface area contributed by atoms with Crippen molar-refractivity contribution in [2.45, 2.75) is 44.2 Å². The summed E-state index contributed by atoms with van der Waals surface area (Å²) in [6.45, 7) is 0. The molecule has 2 unspecified atom stereocenters. The predicted octanol–water partition coefficient (Wildman–Crippen LogP) is 4.57. The van der Waals surface area contributed by atoms with Gasteiger partial charge >= 0.3 is 6.18 Å². The van der Waals surface area contributed by atoms with Crippen LogP contribution in [0.5, 0.6) is 0 Å². The van der Waals surface area contributed by atoms with Crippen LogP contribution in [0.25, 0.3) is 0 Å². The standard InChI is InChI=1S/C15H17F3O/c16-15(17,18)14-6-4-12(5-7-14)13-3-1-2-11(10-13)8-9-19/h4-7,9,11,13H,1-3,8,10H2. The van der Waals surface area contributed by atoms with Crippen molar-refractivity contribution in [2.75, 3.05) is 0 Å². The zero-order valence-electron chi connectivity index (χ0n) is 10.6. The van der Waals surface area contributed by atoms with E-state index in [1.165, 1.54) is 0 Å². The molecule has 1 aliphatic carbocycles. The molecule has 1 aromatic carbocycles. The van der Waals surface area contributed by atoms with E-state index in [1.54, 1.807) is 12.1 Å². The monoisotopic (exact) mass is 270 g/mol. The predicted molar refractivity (Wildman–Crippen MR) is 66.8 cm³/mol. The molecule has 0 radical (unpaired) electrons. The molecule has 0 aliphatic heterocycles. The number of carbonyl (C=O) groups excluding carboxylic acids is 1. The van der Waals surface area contributed by atoms with Gasteiger partial charge in [-0.3, -0.25) is 0 Å². The Kier molecular flexibility index (Phi) is 4.27. The van der Waals surface area contributed by atoms with Crippen LogP contribution in [0.15, 0.2) is 24.3 Å². The highest BCUT2D eigenvalue weighted by Crippen LogP contribution is 2.38. The quantitative estimate of drug-likeness (QED) is 0.735. The Balaban J connectivity index is 2.07. The van der Waals surface area contributed by atoms with E-state index in [0.29, 0.717) is 18.3 Å². The Morgan fingerprint density at radius 1 is 1.16 bits per heavy atom. The number of halogens is 3. The molecule has 0 aromatic heterocycles. The van der Waals surface area contributed by atoms with Crippen LogP contribution in [0.4, 0.5) is 13.2 Å². The Labute approximate surface area is 110 Å². The summed E-state index contributed by atoms with van der Waals surface area (Å²) in [4.78, 5) is 10.5. The van der Waals surface area contributed by atoms with Crippen LogP contribution < -0.4 is 0 Å². The summed E-state index contributed by atoms with van der Waals surface area (Å²) >= 11 is 0. The number of hydrogen-bond acceptors (Lipinski definition) is 1. The normalized spacial score (nSPS) is 24.2. The molecule has 0 amide bonds. The van der Waals surface area contributed by atoms with E-state index in [9.17, 15) is 18.0 Å². The molecule has 1 nitrogen and oxygen atoms in total. The number of aldehydes is 1. The van der Waals surface area contributed by atoms with Gasteiger partial charge in [0.25, 0.3) is 0 Å². The van der Waals surface area contributed by atoms with Crippen LogP contribution in [0.1, 0.15) is 49.1 Å². The molecule has 0 saturated heterocycles. The van der Waals surface area contributed by atoms with Crippen molar-refractivity contribution in [1.82, 2.24) is 0 Å². The van der Waals surface area contributed by atoms with Gasteiger partial charge in [-0.25, -0.2) is 0 Å². The second-order valence-electron chi connectivity index (χ2n) is 5.25. The van der Waals surface area contributed by atoms with E-state index in [1.807, 2.05) is 0 Å². The van der Waals surface area contributed by atoms with Crippen molar-refractivity contribution < 1.29 is 18.0 Å². The Hall–Kier alpha value is -1.32. The van der Waals surface area contributed by atoms with Crippen molar-refractivity contribution in [3.8, 4) is 0 Å².